The van der Waals surface area contributed by atoms with Crippen molar-refractivity contribution in [3.8, 4) is 11.3 Å². The van der Waals surface area contributed by atoms with Crippen LogP contribution in [0.5, 0.6) is 0 Å². The maximum absolute atomic E-state index is 9.32. The van der Waals surface area contributed by atoms with E-state index in [-0.39, 0.29) is 6.61 Å². The summed E-state index contributed by atoms with van der Waals surface area (Å²) in [5, 5.41) is 13.3. The van der Waals surface area contributed by atoms with Gasteiger partial charge < -0.3 is 9.63 Å². The fraction of sp³-hybridized carbons (Fsp3) is 0.400. The van der Waals surface area contributed by atoms with Gasteiger partial charge in [0.15, 0.2) is 0 Å². The third-order valence-electron chi connectivity index (χ3n) is 3.01. The Hall–Kier alpha value is -1.61. The molecule has 0 amide bonds. The number of hydrogen-bond acceptors (Lipinski definition) is 3. The Morgan fingerprint density at radius 2 is 1.89 bits per heavy atom. The zero-order chi connectivity index (χ0) is 13.1. The summed E-state index contributed by atoms with van der Waals surface area (Å²) in [6.07, 6.45) is 1.07. The topological polar surface area (TPSA) is 46.3 Å². The number of aliphatic hydroxyl groups is 1. The van der Waals surface area contributed by atoms with Crippen LogP contribution < -0.4 is 0 Å². The van der Waals surface area contributed by atoms with Crippen molar-refractivity contribution >= 4 is 0 Å². The van der Waals surface area contributed by atoms with Gasteiger partial charge in [0.05, 0.1) is 6.61 Å². The lowest BCUT2D eigenvalue weighted by Gasteiger charge is -2.05. The first kappa shape index (κ1) is 12.8. The molecule has 0 aliphatic rings. The molecule has 0 bridgehead atoms. The average Bonchev–Trinajstić information content (AvgIpc) is 2.70. The van der Waals surface area contributed by atoms with Crippen LogP contribution in [0.1, 0.15) is 30.7 Å². The number of rotatable bonds is 4. The summed E-state index contributed by atoms with van der Waals surface area (Å²) < 4.78 is 5.13. The molecule has 0 fully saturated rings. The molecule has 1 aromatic heterocycles. The van der Waals surface area contributed by atoms with E-state index in [4.69, 9.17) is 4.52 Å². The van der Waals surface area contributed by atoms with Crippen molar-refractivity contribution in [2.24, 2.45) is 5.92 Å². The number of aromatic nitrogens is 1. The van der Waals surface area contributed by atoms with Crippen LogP contribution in [0, 0.1) is 12.8 Å². The molecule has 2 rings (SSSR count). The fourth-order valence-electron chi connectivity index (χ4n) is 2.07. The van der Waals surface area contributed by atoms with Crippen LogP contribution in [0.25, 0.3) is 11.3 Å². The van der Waals surface area contributed by atoms with Gasteiger partial charge in [-0.1, -0.05) is 43.3 Å². The molecule has 18 heavy (non-hydrogen) atoms. The molecule has 0 aliphatic heterocycles. The van der Waals surface area contributed by atoms with Crippen LogP contribution in [0.15, 0.2) is 28.8 Å². The lowest BCUT2D eigenvalue weighted by molar-refractivity contribution is 0.278. The second-order valence-electron chi connectivity index (χ2n) is 5.02. The monoisotopic (exact) mass is 245 g/mol. The first-order valence-electron chi connectivity index (χ1n) is 6.27. The summed E-state index contributed by atoms with van der Waals surface area (Å²) in [5.41, 5.74) is 3.82. The molecule has 0 radical (unpaired) electrons. The molecule has 0 atom stereocenters. The highest BCUT2D eigenvalue weighted by molar-refractivity contribution is 5.63. The highest BCUT2D eigenvalue weighted by Crippen LogP contribution is 2.25. The van der Waals surface area contributed by atoms with Crippen molar-refractivity contribution in [2.75, 3.05) is 0 Å². The molecule has 0 unspecified atom stereocenters. The van der Waals surface area contributed by atoms with Gasteiger partial charge in [-0.25, -0.2) is 0 Å². The smallest absolute Gasteiger partial charge is 0.139 e. The molecule has 3 nitrogen and oxygen atoms in total. The quantitative estimate of drug-likeness (QED) is 0.898. The molecule has 2 aromatic rings. The SMILES string of the molecule is Cc1onc(-c2ccc(CC(C)C)cc2)c1CO. The summed E-state index contributed by atoms with van der Waals surface area (Å²) in [6.45, 7) is 6.19. The second-order valence-corrected chi connectivity index (χ2v) is 5.02. The number of hydrogen-bond donors (Lipinski definition) is 1. The van der Waals surface area contributed by atoms with Gasteiger partial charge in [0.2, 0.25) is 0 Å². The van der Waals surface area contributed by atoms with Crippen LogP contribution in [-0.2, 0) is 13.0 Å². The van der Waals surface area contributed by atoms with E-state index in [0.29, 0.717) is 11.7 Å². The van der Waals surface area contributed by atoms with Gasteiger partial charge in [-0.05, 0) is 24.8 Å². The average molecular weight is 245 g/mol. The van der Waals surface area contributed by atoms with E-state index in [0.717, 1.165) is 23.2 Å². The Bertz CT molecular complexity index is 512. The Morgan fingerprint density at radius 1 is 1.22 bits per heavy atom. The third kappa shape index (κ3) is 2.62. The minimum Gasteiger partial charge on any atom is -0.391 e. The van der Waals surface area contributed by atoms with Crippen molar-refractivity contribution in [2.45, 2.75) is 33.8 Å². The molecule has 1 heterocycles. The summed E-state index contributed by atoms with van der Waals surface area (Å²) >= 11 is 0. The lowest BCUT2D eigenvalue weighted by Crippen LogP contribution is -1.94. The highest BCUT2D eigenvalue weighted by atomic mass is 16.5. The Kier molecular flexibility index (Phi) is 3.82. The van der Waals surface area contributed by atoms with Crippen molar-refractivity contribution in [1.29, 1.82) is 0 Å². The van der Waals surface area contributed by atoms with Gasteiger partial charge >= 0.3 is 0 Å². The van der Waals surface area contributed by atoms with E-state index in [9.17, 15) is 5.11 Å². The summed E-state index contributed by atoms with van der Waals surface area (Å²) in [5.74, 6) is 1.33. The van der Waals surface area contributed by atoms with E-state index in [1.165, 1.54) is 5.56 Å². The predicted molar refractivity (Wildman–Crippen MR) is 71.1 cm³/mol. The molecule has 0 saturated carbocycles. The summed E-state index contributed by atoms with van der Waals surface area (Å²) in [4.78, 5) is 0. The van der Waals surface area contributed by atoms with Gasteiger partial charge in [0.25, 0.3) is 0 Å². The Balaban J connectivity index is 2.28. The number of aryl methyl sites for hydroxylation is 1. The zero-order valence-electron chi connectivity index (χ0n) is 11.1. The van der Waals surface area contributed by atoms with Crippen molar-refractivity contribution in [3.05, 3.63) is 41.2 Å². The summed E-state index contributed by atoms with van der Waals surface area (Å²) in [6, 6.07) is 8.29. The summed E-state index contributed by atoms with van der Waals surface area (Å²) in [7, 11) is 0. The van der Waals surface area contributed by atoms with Gasteiger partial charge in [-0.15, -0.1) is 0 Å². The van der Waals surface area contributed by atoms with Gasteiger partial charge in [-0.3, -0.25) is 0 Å². The zero-order valence-corrected chi connectivity index (χ0v) is 11.1. The molecular weight excluding hydrogens is 226 g/mol. The molecule has 0 saturated heterocycles. The standard InChI is InChI=1S/C15H19NO2/c1-10(2)8-12-4-6-13(7-5-12)15-14(9-17)11(3)18-16-15/h4-7,10,17H,8-9H2,1-3H3. The van der Waals surface area contributed by atoms with Crippen LogP contribution in [-0.4, -0.2) is 10.3 Å². The Labute approximate surface area is 107 Å². The minimum atomic E-state index is -0.0432. The van der Waals surface area contributed by atoms with E-state index in [1.54, 1.807) is 0 Å². The van der Waals surface area contributed by atoms with E-state index in [1.807, 2.05) is 19.1 Å². The van der Waals surface area contributed by atoms with E-state index >= 15 is 0 Å². The third-order valence-corrected chi connectivity index (χ3v) is 3.01. The lowest BCUT2D eigenvalue weighted by atomic mass is 10.00. The first-order valence-corrected chi connectivity index (χ1v) is 6.27. The number of nitrogens with zero attached hydrogens (tertiary/aromatic N) is 1. The molecule has 1 aromatic carbocycles. The molecule has 96 valence electrons. The largest absolute Gasteiger partial charge is 0.391 e. The molecule has 3 heteroatoms. The van der Waals surface area contributed by atoms with Crippen molar-refractivity contribution < 1.29 is 9.63 Å². The van der Waals surface area contributed by atoms with Crippen LogP contribution in [0.4, 0.5) is 0 Å². The normalized spacial score (nSPS) is 11.2. The van der Waals surface area contributed by atoms with Crippen molar-refractivity contribution in [3.63, 3.8) is 0 Å². The first-order chi connectivity index (χ1) is 8.61. The maximum atomic E-state index is 9.32. The molecule has 1 N–H and O–H groups in total. The van der Waals surface area contributed by atoms with Crippen LogP contribution in [0.3, 0.4) is 0 Å². The van der Waals surface area contributed by atoms with E-state index < -0.39 is 0 Å². The van der Waals surface area contributed by atoms with Gasteiger partial charge in [-0.2, -0.15) is 0 Å². The fourth-order valence-corrected chi connectivity index (χ4v) is 2.07. The predicted octanol–water partition coefficient (Wildman–Crippen LogP) is 3.34. The Morgan fingerprint density at radius 3 is 2.44 bits per heavy atom. The van der Waals surface area contributed by atoms with Crippen molar-refractivity contribution in [1.82, 2.24) is 5.16 Å². The van der Waals surface area contributed by atoms with E-state index in [2.05, 4.69) is 31.1 Å². The van der Waals surface area contributed by atoms with Crippen LogP contribution in [0.2, 0.25) is 0 Å². The number of benzene rings is 1. The number of aliphatic hydroxyl groups excluding tert-OH is 1. The molecular formula is C15H19NO2. The van der Waals surface area contributed by atoms with Gasteiger partial charge in [0, 0.05) is 11.1 Å². The van der Waals surface area contributed by atoms with Gasteiger partial charge in [0.1, 0.15) is 11.5 Å². The maximum Gasteiger partial charge on any atom is 0.139 e. The highest BCUT2D eigenvalue weighted by Gasteiger charge is 2.13. The molecule has 0 aliphatic carbocycles. The molecule has 0 spiro atoms. The minimum absolute atomic E-state index is 0.0432. The van der Waals surface area contributed by atoms with Crippen LogP contribution >= 0.6 is 0 Å². The second kappa shape index (κ2) is 5.36.